The normalized spacial score (nSPS) is 10.6. The highest BCUT2D eigenvalue weighted by Crippen LogP contribution is 2.16. The lowest BCUT2D eigenvalue weighted by molar-refractivity contribution is 0.0945. The van der Waals surface area contributed by atoms with Crippen LogP contribution in [-0.2, 0) is 6.54 Å². The lowest BCUT2D eigenvalue weighted by Crippen LogP contribution is -2.29. The summed E-state index contributed by atoms with van der Waals surface area (Å²) in [7, 11) is 0. The molecule has 1 N–H and O–H groups in total. The molecule has 5 heteroatoms. The van der Waals surface area contributed by atoms with Crippen molar-refractivity contribution >= 4 is 5.91 Å². The molecule has 3 rings (SSSR count). The number of benzene rings is 2. The van der Waals surface area contributed by atoms with Crippen molar-refractivity contribution in [1.82, 2.24) is 15.1 Å². The summed E-state index contributed by atoms with van der Waals surface area (Å²) in [5.74, 6) is 0.729. The maximum absolute atomic E-state index is 12.6. The molecule has 0 aliphatic carbocycles. The highest BCUT2D eigenvalue weighted by atomic mass is 16.5. The van der Waals surface area contributed by atoms with Gasteiger partial charge in [0.2, 0.25) is 0 Å². The Balaban J connectivity index is 1.59. The fourth-order valence-corrected chi connectivity index (χ4v) is 3.07. The number of nitrogens with zero attached hydrogens (tertiary/aromatic N) is 2. The molecular formula is C22H25N3O2. The molecule has 0 saturated heterocycles. The van der Waals surface area contributed by atoms with Gasteiger partial charge in [0.15, 0.2) is 0 Å². The molecule has 0 atom stereocenters. The largest absolute Gasteiger partial charge is 0.491 e. The Morgan fingerprint density at radius 2 is 1.74 bits per heavy atom. The number of nitrogens with one attached hydrogen (secondary N) is 1. The van der Waals surface area contributed by atoms with Gasteiger partial charge < -0.3 is 10.1 Å². The van der Waals surface area contributed by atoms with Crippen molar-refractivity contribution < 1.29 is 9.53 Å². The van der Waals surface area contributed by atoms with Crippen LogP contribution in [0.15, 0.2) is 54.6 Å². The predicted octanol–water partition coefficient (Wildman–Crippen LogP) is 3.67. The number of carbonyl (C=O) groups excluding carboxylic acids is 1. The van der Waals surface area contributed by atoms with Crippen LogP contribution in [0.3, 0.4) is 0 Å². The molecule has 1 aromatic heterocycles. The Hall–Kier alpha value is -3.08. The summed E-state index contributed by atoms with van der Waals surface area (Å²) < 4.78 is 7.61. The lowest BCUT2D eigenvalue weighted by Gasteiger charge is -2.10. The van der Waals surface area contributed by atoms with E-state index in [0.29, 0.717) is 25.3 Å². The van der Waals surface area contributed by atoms with Crippen molar-refractivity contribution in [3.8, 4) is 5.75 Å². The van der Waals surface area contributed by atoms with E-state index in [1.54, 1.807) is 0 Å². The average molecular weight is 363 g/mol. The van der Waals surface area contributed by atoms with Crippen LogP contribution < -0.4 is 10.1 Å². The third-order valence-corrected chi connectivity index (χ3v) is 4.52. The summed E-state index contributed by atoms with van der Waals surface area (Å²) in [6.07, 6.45) is 0. The molecule has 0 aliphatic heterocycles. The first-order valence-electron chi connectivity index (χ1n) is 9.11. The van der Waals surface area contributed by atoms with Gasteiger partial charge in [-0.3, -0.25) is 9.48 Å². The molecule has 0 bridgehead atoms. The van der Waals surface area contributed by atoms with Gasteiger partial charge in [-0.1, -0.05) is 48.5 Å². The van der Waals surface area contributed by atoms with E-state index >= 15 is 0 Å². The van der Waals surface area contributed by atoms with E-state index in [4.69, 9.17) is 4.74 Å². The minimum Gasteiger partial charge on any atom is -0.491 e. The third kappa shape index (κ3) is 4.56. The van der Waals surface area contributed by atoms with Crippen LogP contribution >= 0.6 is 0 Å². The zero-order chi connectivity index (χ0) is 19.2. The number of aromatic nitrogens is 2. The van der Waals surface area contributed by atoms with Crippen molar-refractivity contribution in [2.75, 3.05) is 13.2 Å². The number of carbonyl (C=O) groups is 1. The van der Waals surface area contributed by atoms with Crippen molar-refractivity contribution in [3.63, 3.8) is 0 Å². The van der Waals surface area contributed by atoms with Crippen LogP contribution in [0.2, 0.25) is 0 Å². The van der Waals surface area contributed by atoms with Gasteiger partial charge in [0.25, 0.3) is 5.91 Å². The number of amides is 1. The molecule has 0 spiro atoms. The quantitative estimate of drug-likeness (QED) is 0.652. The molecule has 2 aromatic carbocycles. The predicted molar refractivity (Wildman–Crippen MR) is 106 cm³/mol. The minimum absolute atomic E-state index is 0.113. The SMILES string of the molecule is Cc1ccccc1OCCNC(=O)c1c(C)nn(Cc2ccccc2)c1C. The van der Waals surface area contributed by atoms with Gasteiger partial charge in [0, 0.05) is 5.69 Å². The number of rotatable bonds is 7. The van der Waals surface area contributed by atoms with Gasteiger partial charge in [-0.05, 0) is 38.0 Å². The molecule has 140 valence electrons. The molecule has 5 nitrogen and oxygen atoms in total. The van der Waals surface area contributed by atoms with E-state index in [2.05, 4.69) is 22.5 Å². The van der Waals surface area contributed by atoms with Gasteiger partial charge in [0.1, 0.15) is 12.4 Å². The van der Waals surface area contributed by atoms with Gasteiger partial charge in [-0.2, -0.15) is 5.10 Å². The Kier molecular flexibility index (Phi) is 5.91. The first-order valence-corrected chi connectivity index (χ1v) is 9.11. The topological polar surface area (TPSA) is 56.1 Å². The van der Waals surface area contributed by atoms with E-state index in [-0.39, 0.29) is 5.91 Å². The van der Waals surface area contributed by atoms with Gasteiger partial charge in [-0.15, -0.1) is 0 Å². The number of ether oxygens (including phenoxy) is 1. The van der Waals surface area contributed by atoms with E-state index < -0.39 is 0 Å². The second-order valence-corrected chi connectivity index (χ2v) is 6.56. The molecule has 1 amide bonds. The Bertz CT molecular complexity index is 917. The van der Waals surface area contributed by atoms with Crippen molar-refractivity contribution in [1.29, 1.82) is 0 Å². The second-order valence-electron chi connectivity index (χ2n) is 6.56. The summed E-state index contributed by atoms with van der Waals surface area (Å²) in [5, 5.41) is 7.47. The van der Waals surface area contributed by atoms with Crippen molar-refractivity contribution in [2.24, 2.45) is 0 Å². The summed E-state index contributed by atoms with van der Waals surface area (Å²) in [6, 6.07) is 17.9. The lowest BCUT2D eigenvalue weighted by atomic mass is 10.1. The molecule has 0 fully saturated rings. The second kappa shape index (κ2) is 8.54. The van der Waals surface area contributed by atoms with E-state index in [1.807, 2.05) is 67.9 Å². The Morgan fingerprint density at radius 1 is 1.04 bits per heavy atom. The van der Waals surface area contributed by atoms with E-state index in [1.165, 1.54) is 0 Å². The molecule has 3 aromatic rings. The van der Waals surface area contributed by atoms with Crippen LogP contribution in [0.1, 0.15) is 32.9 Å². The van der Waals surface area contributed by atoms with Crippen molar-refractivity contribution in [3.05, 3.63) is 82.7 Å². The third-order valence-electron chi connectivity index (χ3n) is 4.52. The smallest absolute Gasteiger partial charge is 0.255 e. The molecular weight excluding hydrogens is 338 g/mol. The molecule has 1 heterocycles. The van der Waals surface area contributed by atoms with Crippen LogP contribution in [0.4, 0.5) is 0 Å². The first kappa shape index (κ1) is 18.7. The van der Waals surface area contributed by atoms with Gasteiger partial charge in [0.05, 0.1) is 24.3 Å². The molecule has 0 aliphatic rings. The van der Waals surface area contributed by atoms with Crippen LogP contribution in [0, 0.1) is 20.8 Å². The standard InChI is InChI=1S/C22H25N3O2/c1-16-9-7-8-12-20(16)27-14-13-23-22(26)21-17(2)24-25(18(21)3)15-19-10-5-4-6-11-19/h4-12H,13-15H2,1-3H3,(H,23,26). The maximum Gasteiger partial charge on any atom is 0.255 e. The summed E-state index contributed by atoms with van der Waals surface area (Å²) in [4.78, 5) is 12.6. The fourth-order valence-electron chi connectivity index (χ4n) is 3.07. The van der Waals surface area contributed by atoms with Gasteiger partial charge >= 0.3 is 0 Å². The van der Waals surface area contributed by atoms with Gasteiger partial charge in [-0.25, -0.2) is 0 Å². The highest BCUT2D eigenvalue weighted by molar-refractivity contribution is 5.96. The number of aryl methyl sites for hydroxylation is 2. The fraction of sp³-hybridized carbons (Fsp3) is 0.273. The van der Waals surface area contributed by atoms with Crippen LogP contribution in [0.25, 0.3) is 0 Å². The zero-order valence-corrected chi connectivity index (χ0v) is 16.0. The molecule has 0 unspecified atom stereocenters. The number of para-hydroxylation sites is 1. The Morgan fingerprint density at radius 3 is 2.48 bits per heavy atom. The number of hydrogen-bond donors (Lipinski definition) is 1. The van der Waals surface area contributed by atoms with Crippen molar-refractivity contribution in [2.45, 2.75) is 27.3 Å². The minimum atomic E-state index is -0.113. The summed E-state index contributed by atoms with van der Waals surface area (Å²) >= 11 is 0. The van der Waals surface area contributed by atoms with Crippen LogP contribution in [-0.4, -0.2) is 28.8 Å². The monoisotopic (exact) mass is 363 g/mol. The summed E-state index contributed by atoms with van der Waals surface area (Å²) in [5.41, 5.74) is 4.48. The number of hydrogen-bond acceptors (Lipinski definition) is 3. The average Bonchev–Trinajstić information content (AvgIpc) is 2.94. The zero-order valence-electron chi connectivity index (χ0n) is 16.0. The maximum atomic E-state index is 12.6. The molecule has 27 heavy (non-hydrogen) atoms. The first-order chi connectivity index (χ1) is 13.1. The molecule has 0 saturated carbocycles. The molecule has 0 radical (unpaired) electrons. The van der Waals surface area contributed by atoms with Crippen LogP contribution in [0.5, 0.6) is 5.75 Å². The highest BCUT2D eigenvalue weighted by Gasteiger charge is 2.18. The summed E-state index contributed by atoms with van der Waals surface area (Å²) in [6.45, 7) is 7.32. The Labute approximate surface area is 160 Å². The van der Waals surface area contributed by atoms with E-state index in [0.717, 1.165) is 28.3 Å². The van der Waals surface area contributed by atoms with E-state index in [9.17, 15) is 4.79 Å².